The number of carbonyl (C=O) groups is 1. The third-order valence-corrected chi connectivity index (χ3v) is 6.06. The Balaban J connectivity index is 0.00000264. The highest BCUT2D eigenvalue weighted by Gasteiger charge is 2.33. The number of ether oxygens (including phenoxy) is 1. The monoisotopic (exact) mass is 362 g/mol. The van der Waals surface area contributed by atoms with Crippen LogP contribution >= 0.6 is 12.4 Å². The highest BCUT2D eigenvalue weighted by Crippen LogP contribution is 2.27. The minimum atomic E-state index is -3.59. The first-order valence-electron chi connectivity index (χ1n) is 7.24. The van der Waals surface area contributed by atoms with Gasteiger partial charge in [0, 0.05) is 13.1 Å². The second-order valence-electron chi connectivity index (χ2n) is 5.50. The average molecular weight is 363 g/mol. The van der Waals surface area contributed by atoms with Crippen LogP contribution in [0.5, 0.6) is 0 Å². The highest BCUT2D eigenvalue weighted by molar-refractivity contribution is 7.89. The van der Waals surface area contributed by atoms with Crippen molar-refractivity contribution >= 4 is 28.4 Å². The van der Waals surface area contributed by atoms with Gasteiger partial charge in [-0.15, -0.1) is 12.4 Å². The molecule has 1 aromatic rings. The molecule has 1 atom stereocenters. The van der Waals surface area contributed by atoms with Gasteiger partial charge in [-0.1, -0.05) is 6.07 Å². The summed E-state index contributed by atoms with van der Waals surface area (Å²) in [5.74, 6) is -0.201. The summed E-state index contributed by atoms with van der Waals surface area (Å²) in [5, 5.41) is 3.08. The molecule has 6 nitrogen and oxygen atoms in total. The van der Waals surface area contributed by atoms with Gasteiger partial charge in [0.25, 0.3) is 0 Å². The van der Waals surface area contributed by atoms with E-state index in [9.17, 15) is 13.2 Å². The summed E-state index contributed by atoms with van der Waals surface area (Å²) in [6, 6.07) is 4.70. The quantitative estimate of drug-likeness (QED) is 0.802. The van der Waals surface area contributed by atoms with Crippen LogP contribution in [0.1, 0.15) is 22.3 Å². The van der Waals surface area contributed by atoms with E-state index in [4.69, 9.17) is 4.74 Å². The van der Waals surface area contributed by atoms with E-state index in [1.165, 1.54) is 11.4 Å². The van der Waals surface area contributed by atoms with E-state index < -0.39 is 16.0 Å². The molecule has 0 aromatic heterocycles. The van der Waals surface area contributed by atoms with E-state index in [-0.39, 0.29) is 22.9 Å². The molecule has 0 aliphatic carbocycles. The molecule has 1 aliphatic rings. The zero-order valence-corrected chi connectivity index (χ0v) is 15.2. The van der Waals surface area contributed by atoms with Crippen molar-refractivity contribution in [1.29, 1.82) is 0 Å². The van der Waals surface area contributed by atoms with Gasteiger partial charge in [-0.2, -0.15) is 4.31 Å². The largest absolute Gasteiger partial charge is 0.465 e. The van der Waals surface area contributed by atoms with Crippen molar-refractivity contribution in [3.05, 3.63) is 29.3 Å². The summed E-state index contributed by atoms with van der Waals surface area (Å²) >= 11 is 0. The Labute approximate surface area is 143 Å². The highest BCUT2D eigenvalue weighted by atomic mass is 35.5. The van der Waals surface area contributed by atoms with Crippen LogP contribution in [0.4, 0.5) is 0 Å². The van der Waals surface area contributed by atoms with Crippen molar-refractivity contribution in [2.45, 2.75) is 18.2 Å². The molecular weight excluding hydrogens is 340 g/mol. The van der Waals surface area contributed by atoms with E-state index in [0.29, 0.717) is 24.6 Å². The van der Waals surface area contributed by atoms with Crippen LogP contribution in [0.3, 0.4) is 0 Å². The third kappa shape index (κ3) is 4.03. The van der Waals surface area contributed by atoms with Crippen LogP contribution in [-0.2, 0) is 14.8 Å². The molecule has 1 N–H and O–H groups in total. The normalized spacial score (nSPS) is 18.5. The van der Waals surface area contributed by atoms with Crippen molar-refractivity contribution in [2.75, 3.05) is 33.8 Å². The van der Waals surface area contributed by atoms with Crippen molar-refractivity contribution in [1.82, 2.24) is 9.62 Å². The van der Waals surface area contributed by atoms with Crippen LogP contribution in [0.2, 0.25) is 0 Å². The van der Waals surface area contributed by atoms with E-state index in [0.717, 1.165) is 13.0 Å². The molecule has 0 bridgehead atoms. The third-order valence-electron chi connectivity index (χ3n) is 4.05. The molecule has 1 unspecified atom stereocenters. The number of methoxy groups -OCH3 is 1. The summed E-state index contributed by atoms with van der Waals surface area (Å²) in [6.45, 7) is 3.45. The van der Waals surface area contributed by atoms with Gasteiger partial charge in [0.05, 0.1) is 17.6 Å². The molecule has 8 heteroatoms. The number of hydrogen-bond acceptors (Lipinski definition) is 5. The molecule has 0 saturated carbocycles. The SMILES string of the molecule is CNCC1CCN(S(=O)(=O)c2cccc(C(=O)OC)c2C)C1.Cl. The smallest absolute Gasteiger partial charge is 0.338 e. The van der Waals surface area contributed by atoms with Gasteiger partial charge in [-0.05, 0) is 50.6 Å². The Morgan fingerprint density at radius 3 is 2.74 bits per heavy atom. The van der Waals surface area contributed by atoms with E-state index >= 15 is 0 Å². The molecule has 1 aromatic carbocycles. The average Bonchev–Trinajstić information content (AvgIpc) is 2.96. The van der Waals surface area contributed by atoms with Crippen molar-refractivity contribution < 1.29 is 17.9 Å². The number of carbonyl (C=O) groups excluding carboxylic acids is 1. The van der Waals surface area contributed by atoms with E-state index in [1.807, 2.05) is 7.05 Å². The van der Waals surface area contributed by atoms with Gasteiger partial charge < -0.3 is 10.1 Å². The topological polar surface area (TPSA) is 75.7 Å². The molecule has 1 aliphatic heterocycles. The molecule has 1 saturated heterocycles. The summed E-state index contributed by atoms with van der Waals surface area (Å²) in [5.41, 5.74) is 0.723. The minimum absolute atomic E-state index is 0. The number of esters is 1. The Morgan fingerprint density at radius 1 is 1.43 bits per heavy atom. The molecule has 0 amide bonds. The maximum Gasteiger partial charge on any atom is 0.338 e. The summed E-state index contributed by atoms with van der Waals surface area (Å²) in [6.07, 6.45) is 0.843. The van der Waals surface area contributed by atoms with Gasteiger partial charge >= 0.3 is 5.97 Å². The van der Waals surface area contributed by atoms with Crippen LogP contribution in [-0.4, -0.2) is 52.5 Å². The molecule has 1 fully saturated rings. The first-order valence-corrected chi connectivity index (χ1v) is 8.68. The number of nitrogens with zero attached hydrogens (tertiary/aromatic N) is 1. The Kier molecular flexibility index (Phi) is 7.01. The summed E-state index contributed by atoms with van der Waals surface area (Å²) < 4.78 is 31.8. The molecular formula is C15H23ClN2O4S. The van der Waals surface area contributed by atoms with Crippen molar-refractivity contribution in [3.8, 4) is 0 Å². The zero-order chi connectivity index (χ0) is 16.3. The second-order valence-corrected chi connectivity index (χ2v) is 7.40. The van der Waals surface area contributed by atoms with Crippen LogP contribution < -0.4 is 5.32 Å². The lowest BCUT2D eigenvalue weighted by molar-refractivity contribution is 0.0599. The van der Waals surface area contributed by atoms with Gasteiger partial charge in [-0.3, -0.25) is 0 Å². The van der Waals surface area contributed by atoms with Crippen molar-refractivity contribution in [2.24, 2.45) is 5.92 Å². The van der Waals surface area contributed by atoms with Gasteiger partial charge in [0.1, 0.15) is 0 Å². The number of benzene rings is 1. The fourth-order valence-electron chi connectivity index (χ4n) is 2.83. The molecule has 23 heavy (non-hydrogen) atoms. The number of halogens is 1. The lowest BCUT2D eigenvalue weighted by Crippen LogP contribution is -2.31. The fourth-order valence-corrected chi connectivity index (χ4v) is 4.61. The standard InChI is InChI=1S/C15H22N2O4S.ClH/c1-11-13(15(18)21-3)5-4-6-14(11)22(19,20)17-8-7-12(10-17)9-16-2;/h4-6,12,16H,7-10H2,1-3H3;1H. The van der Waals surface area contributed by atoms with Crippen molar-refractivity contribution in [3.63, 3.8) is 0 Å². The number of sulfonamides is 1. The Bertz CT molecular complexity index is 663. The lowest BCUT2D eigenvalue weighted by Gasteiger charge is -2.19. The predicted octanol–water partition coefficient (Wildman–Crippen LogP) is 1.43. The maximum absolute atomic E-state index is 12.8. The summed E-state index contributed by atoms with van der Waals surface area (Å²) in [4.78, 5) is 11.9. The molecule has 2 rings (SSSR count). The van der Waals surface area contributed by atoms with E-state index in [1.54, 1.807) is 25.1 Å². The molecule has 1 heterocycles. The van der Waals surface area contributed by atoms with Crippen LogP contribution in [0.15, 0.2) is 23.1 Å². The maximum atomic E-state index is 12.8. The van der Waals surface area contributed by atoms with E-state index in [2.05, 4.69) is 5.32 Å². The zero-order valence-electron chi connectivity index (χ0n) is 13.5. The molecule has 0 radical (unpaired) electrons. The molecule has 130 valence electrons. The Hall–Kier alpha value is -1.15. The van der Waals surface area contributed by atoms with Crippen LogP contribution in [0, 0.1) is 12.8 Å². The second kappa shape index (κ2) is 8.10. The minimum Gasteiger partial charge on any atom is -0.465 e. The first kappa shape index (κ1) is 19.9. The number of rotatable bonds is 5. The van der Waals surface area contributed by atoms with Crippen LogP contribution in [0.25, 0.3) is 0 Å². The Morgan fingerprint density at radius 2 is 2.13 bits per heavy atom. The lowest BCUT2D eigenvalue weighted by atomic mass is 10.1. The first-order chi connectivity index (χ1) is 10.4. The van der Waals surface area contributed by atoms with Gasteiger partial charge in [0.15, 0.2) is 0 Å². The fraction of sp³-hybridized carbons (Fsp3) is 0.533. The number of nitrogens with one attached hydrogen (secondary N) is 1. The summed E-state index contributed by atoms with van der Waals surface area (Å²) in [7, 11) is -0.441. The van der Waals surface area contributed by atoms with Gasteiger partial charge in [-0.25, -0.2) is 13.2 Å². The number of hydrogen-bond donors (Lipinski definition) is 1. The van der Waals surface area contributed by atoms with Gasteiger partial charge in [0.2, 0.25) is 10.0 Å². The predicted molar refractivity (Wildman–Crippen MR) is 90.6 cm³/mol. The molecule has 0 spiro atoms.